The zero-order valence-electron chi connectivity index (χ0n) is 19.7. The van der Waals surface area contributed by atoms with Crippen LogP contribution in [-0.2, 0) is 16.1 Å². The molecule has 180 valence electrons. The average Bonchev–Trinajstić information content (AvgIpc) is 2.87. The fourth-order valence-corrected chi connectivity index (χ4v) is 4.73. The van der Waals surface area contributed by atoms with E-state index in [-0.39, 0.29) is 24.7 Å². The Bertz CT molecular complexity index is 875. The molecule has 0 spiro atoms. The molecule has 0 aromatic heterocycles. The van der Waals surface area contributed by atoms with Gasteiger partial charge in [0.25, 0.3) is 0 Å². The Kier molecular flexibility index (Phi) is 8.45. The van der Waals surface area contributed by atoms with Gasteiger partial charge in [-0.05, 0) is 48.2 Å². The number of ether oxygens (including phenoxy) is 4. The summed E-state index contributed by atoms with van der Waals surface area (Å²) in [6.07, 6.45) is 1.84. The molecule has 0 amide bonds. The number of aliphatic hydroxyl groups excluding tert-OH is 1. The number of anilines is 1. The van der Waals surface area contributed by atoms with E-state index in [1.54, 1.807) is 14.2 Å². The van der Waals surface area contributed by atoms with Crippen LogP contribution in [0.25, 0.3) is 0 Å². The van der Waals surface area contributed by atoms with Crippen LogP contribution in [0.2, 0.25) is 0 Å². The van der Waals surface area contributed by atoms with Gasteiger partial charge in [-0.25, -0.2) is 0 Å². The summed E-state index contributed by atoms with van der Waals surface area (Å²) in [6.45, 7) is 4.66. The van der Waals surface area contributed by atoms with Crippen molar-refractivity contribution in [1.82, 2.24) is 5.32 Å². The highest BCUT2D eigenvalue weighted by molar-refractivity contribution is 5.61. The van der Waals surface area contributed by atoms with E-state index in [4.69, 9.17) is 18.9 Å². The van der Waals surface area contributed by atoms with E-state index in [2.05, 4.69) is 40.5 Å². The number of benzene rings is 2. The van der Waals surface area contributed by atoms with Gasteiger partial charge >= 0.3 is 0 Å². The van der Waals surface area contributed by atoms with E-state index < -0.39 is 0 Å². The number of piperidine rings is 1. The highest BCUT2D eigenvalue weighted by Gasteiger charge is 2.32. The third-order valence-corrected chi connectivity index (χ3v) is 6.58. The summed E-state index contributed by atoms with van der Waals surface area (Å²) in [5, 5.41) is 13.1. The summed E-state index contributed by atoms with van der Waals surface area (Å²) < 4.78 is 22.9. The van der Waals surface area contributed by atoms with Crippen molar-refractivity contribution >= 4 is 5.69 Å². The van der Waals surface area contributed by atoms with Crippen LogP contribution < -0.4 is 19.7 Å². The van der Waals surface area contributed by atoms with Crippen molar-refractivity contribution in [3.8, 4) is 11.5 Å². The first-order chi connectivity index (χ1) is 16.2. The van der Waals surface area contributed by atoms with Gasteiger partial charge in [0.1, 0.15) is 18.1 Å². The molecule has 7 heteroatoms. The molecule has 0 bridgehead atoms. The molecule has 1 saturated heterocycles. The number of methoxy groups -OCH3 is 2. The van der Waals surface area contributed by atoms with E-state index in [1.807, 2.05) is 12.1 Å². The predicted octanol–water partition coefficient (Wildman–Crippen LogP) is 2.95. The van der Waals surface area contributed by atoms with Gasteiger partial charge in [0, 0.05) is 38.8 Å². The lowest BCUT2D eigenvalue weighted by Gasteiger charge is -2.37. The maximum atomic E-state index is 9.70. The normalized spacial score (nSPS) is 22.5. The van der Waals surface area contributed by atoms with E-state index in [0.717, 1.165) is 55.3 Å². The lowest BCUT2D eigenvalue weighted by atomic mass is 9.84. The Hall–Kier alpha value is -2.32. The van der Waals surface area contributed by atoms with Crippen molar-refractivity contribution in [2.75, 3.05) is 58.6 Å². The van der Waals surface area contributed by atoms with Crippen LogP contribution in [0, 0.1) is 0 Å². The summed E-state index contributed by atoms with van der Waals surface area (Å²) in [7, 11) is 3.42. The van der Waals surface area contributed by atoms with Gasteiger partial charge in [-0.2, -0.15) is 0 Å². The molecule has 2 aliphatic heterocycles. The molecular formula is C26H36N2O5. The first-order valence-electron chi connectivity index (χ1n) is 11.8. The van der Waals surface area contributed by atoms with Crippen molar-refractivity contribution in [2.45, 2.75) is 37.5 Å². The molecule has 7 nitrogen and oxygen atoms in total. The minimum Gasteiger partial charge on any atom is -0.497 e. The van der Waals surface area contributed by atoms with Crippen LogP contribution in [0.4, 0.5) is 5.69 Å². The lowest BCUT2D eigenvalue weighted by Crippen LogP contribution is -2.48. The monoisotopic (exact) mass is 456 g/mol. The number of aliphatic hydroxyl groups is 1. The predicted molar refractivity (Wildman–Crippen MR) is 128 cm³/mol. The van der Waals surface area contributed by atoms with Gasteiger partial charge in [0.05, 0.1) is 38.7 Å². The van der Waals surface area contributed by atoms with E-state index in [1.165, 1.54) is 5.56 Å². The molecule has 0 radical (unpaired) electrons. The Morgan fingerprint density at radius 1 is 1.15 bits per heavy atom. The van der Waals surface area contributed by atoms with Crippen molar-refractivity contribution in [3.05, 3.63) is 53.6 Å². The summed E-state index contributed by atoms with van der Waals surface area (Å²) in [6, 6.07) is 14.6. The molecule has 33 heavy (non-hydrogen) atoms. The third kappa shape index (κ3) is 5.98. The summed E-state index contributed by atoms with van der Waals surface area (Å²) in [4.78, 5) is 2.37. The van der Waals surface area contributed by atoms with Crippen LogP contribution in [0.1, 0.15) is 29.9 Å². The molecule has 0 unspecified atom stereocenters. The van der Waals surface area contributed by atoms with Crippen LogP contribution in [0.5, 0.6) is 11.5 Å². The molecule has 0 saturated carbocycles. The van der Waals surface area contributed by atoms with Gasteiger partial charge in [-0.3, -0.25) is 0 Å². The summed E-state index contributed by atoms with van der Waals surface area (Å²) >= 11 is 0. The summed E-state index contributed by atoms with van der Waals surface area (Å²) in [5.74, 6) is 1.99. The Morgan fingerprint density at radius 3 is 2.76 bits per heavy atom. The van der Waals surface area contributed by atoms with Gasteiger partial charge < -0.3 is 34.3 Å². The van der Waals surface area contributed by atoms with Crippen LogP contribution in [0.3, 0.4) is 0 Å². The maximum absolute atomic E-state index is 9.70. The Morgan fingerprint density at radius 2 is 2.00 bits per heavy atom. The molecule has 2 aromatic carbocycles. The fourth-order valence-electron chi connectivity index (χ4n) is 4.73. The second-order valence-corrected chi connectivity index (χ2v) is 8.74. The summed E-state index contributed by atoms with van der Waals surface area (Å²) in [5.41, 5.74) is 3.48. The van der Waals surface area contributed by atoms with Gasteiger partial charge in [-0.1, -0.05) is 18.2 Å². The minimum absolute atomic E-state index is 0.0197. The number of hydrogen-bond acceptors (Lipinski definition) is 7. The molecule has 1 fully saturated rings. The van der Waals surface area contributed by atoms with Crippen LogP contribution in [0.15, 0.2) is 42.5 Å². The fraction of sp³-hybridized carbons (Fsp3) is 0.538. The number of nitrogens with zero attached hydrogens (tertiary/aromatic N) is 1. The standard InChI is InChI=1S/C26H36N2O5/c1-30-12-3-10-28-11-13-32-25-9-4-19(14-24(25)28)18-33-26-16-27-21(17-29)15-23(26)20-5-7-22(31-2)8-6-20/h4-9,14,21,23,26-27,29H,3,10-13,15-18H2,1-2H3/t21-,23+,26-/m0/s1. The Labute approximate surface area is 196 Å². The van der Waals surface area contributed by atoms with Gasteiger partial charge in [0.15, 0.2) is 0 Å². The Balaban J connectivity index is 1.44. The molecule has 3 atom stereocenters. The highest BCUT2D eigenvalue weighted by atomic mass is 16.5. The van der Waals surface area contributed by atoms with E-state index in [9.17, 15) is 5.11 Å². The van der Waals surface area contributed by atoms with Crippen molar-refractivity contribution in [2.24, 2.45) is 0 Å². The molecule has 2 heterocycles. The van der Waals surface area contributed by atoms with Gasteiger partial charge in [-0.15, -0.1) is 0 Å². The number of hydrogen-bond donors (Lipinski definition) is 2. The smallest absolute Gasteiger partial charge is 0.142 e. The van der Waals surface area contributed by atoms with Crippen molar-refractivity contribution in [1.29, 1.82) is 0 Å². The van der Waals surface area contributed by atoms with Crippen molar-refractivity contribution in [3.63, 3.8) is 0 Å². The molecule has 0 aliphatic carbocycles. The second kappa shape index (κ2) is 11.7. The second-order valence-electron chi connectivity index (χ2n) is 8.74. The first kappa shape index (κ1) is 23.8. The topological polar surface area (TPSA) is 72.4 Å². The molecule has 2 N–H and O–H groups in total. The van der Waals surface area contributed by atoms with E-state index >= 15 is 0 Å². The highest BCUT2D eigenvalue weighted by Crippen LogP contribution is 2.34. The minimum atomic E-state index is 0.0197. The van der Waals surface area contributed by atoms with Crippen LogP contribution in [-0.4, -0.2) is 70.9 Å². The van der Waals surface area contributed by atoms with Crippen LogP contribution >= 0.6 is 0 Å². The number of fused-ring (bicyclic) bond motifs is 1. The first-order valence-corrected chi connectivity index (χ1v) is 11.8. The van der Waals surface area contributed by atoms with Gasteiger partial charge in [0.2, 0.25) is 0 Å². The average molecular weight is 457 g/mol. The maximum Gasteiger partial charge on any atom is 0.142 e. The lowest BCUT2D eigenvalue weighted by molar-refractivity contribution is -0.00169. The molecule has 2 aromatic rings. The van der Waals surface area contributed by atoms with Crippen molar-refractivity contribution < 1.29 is 24.1 Å². The third-order valence-electron chi connectivity index (χ3n) is 6.58. The largest absolute Gasteiger partial charge is 0.497 e. The SMILES string of the molecule is COCCCN1CCOc2ccc(CO[C@H]3CN[C@H](CO)C[C@@H]3c3ccc(OC)cc3)cc21. The van der Waals surface area contributed by atoms with E-state index in [0.29, 0.717) is 19.8 Å². The number of nitrogens with one attached hydrogen (secondary N) is 1. The zero-order valence-corrected chi connectivity index (χ0v) is 19.7. The molecule has 2 aliphatic rings. The molecule has 4 rings (SSSR count). The number of rotatable bonds is 10. The molecular weight excluding hydrogens is 420 g/mol. The quantitative estimate of drug-likeness (QED) is 0.533. The zero-order chi connectivity index (χ0) is 23.0.